The van der Waals surface area contributed by atoms with E-state index in [9.17, 15) is 0 Å². The Morgan fingerprint density at radius 2 is 1.78 bits per heavy atom. The predicted molar refractivity (Wildman–Crippen MR) is 119 cm³/mol. The lowest BCUT2D eigenvalue weighted by Gasteiger charge is -2.21. The van der Waals surface area contributed by atoms with Crippen LogP contribution in [0.4, 0.5) is 0 Å². The molecule has 0 radical (unpaired) electrons. The van der Waals surface area contributed by atoms with Crippen LogP contribution in [0.3, 0.4) is 0 Å². The van der Waals surface area contributed by atoms with Crippen LogP contribution in [0.5, 0.6) is 5.75 Å². The van der Waals surface area contributed by atoms with E-state index >= 15 is 0 Å². The summed E-state index contributed by atoms with van der Waals surface area (Å²) in [5, 5.41) is 9.04. The fourth-order valence-corrected chi connectivity index (χ4v) is 2.89. The molecule has 0 aliphatic heterocycles. The summed E-state index contributed by atoms with van der Waals surface area (Å²) in [4.78, 5) is 0. The Kier molecular flexibility index (Phi) is 9.99. The minimum Gasteiger partial charge on any atom is -0.515 e. The van der Waals surface area contributed by atoms with Gasteiger partial charge in [0.25, 0.3) is 0 Å². The fourth-order valence-electron chi connectivity index (χ4n) is 2.89. The van der Waals surface area contributed by atoms with Crippen LogP contribution >= 0.6 is 0 Å². The Balaban J connectivity index is 3.38. The number of hydrogen-bond donors (Lipinski definition) is 1. The van der Waals surface area contributed by atoms with E-state index < -0.39 is 0 Å². The molecule has 27 heavy (non-hydrogen) atoms. The molecule has 0 saturated heterocycles. The van der Waals surface area contributed by atoms with Crippen molar-refractivity contribution in [1.82, 2.24) is 0 Å². The normalized spacial score (nSPS) is 13.2. The van der Waals surface area contributed by atoms with Gasteiger partial charge in [-0.25, -0.2) is 0 Å². The third-order valence-electron chi connectivity index (χ3n) is 4.76. The lowest BCUT2D eigenvalue weighted by Crippen LogP contribution is -2.06. The van der Waals surface area contributed by atoms with Crippen LogP contribution in [0.15, 0.2) is 42.2 Å². The molecule has 0 atom stereocenters. The number of allylic oxidation sites excluding steroid dienone is 5. The summed E-state index contributed by atoms with van der Waals surface area (Å²) in [5.41, 5.74) is 5.81. The van der Waals surface area contributed by atoms with Crippen molar-refractivity contribution in [1.29, 1.82) is 0 Å². The summed E-state index contributed by atoms with van der Waals surface area (Å²) in [6, 6.07) is 4.59. The average Bonchev–Trinajstić information content (AvgIpc) is 2.64. The number of rotatable bonds is 10. The van der Waals surface area contributed by atoms with E-state index in [1.807, 2.05) is 19.1 Å². The number of aliphatic hydroxyl groups excluding tert-OH is 1. The second kappa shape index (κ2) is 11.7. The molecule has 0 fully saturated rings. The van der Waals surface area contributed by atoms with E-state index in [0.717, 1.165) is 30.6 Å². The van der Waals surface area contributed by atoms with E-state index in [2.05, 4.69) is 59.8 Å². The second-order valence-corrected chi connectivity index (χ2v) is 7.93. The van der Waals surface area contributed by atoms with Gasteiger partial charge in [0.2, 0.25) is 0 Å². The first-order chi connectivity index (χ1) is 12.8. The van der Waals surface area contributed by atoms with Crippen molar-refractivity contribution in [3.05, 3.63) is 58.9 Å². The van der Waals surface area contributed by atoms with Crippen molar-refractivity contribution in [2.45, 2.75) is 79.6 Å². The van der Waals surface area contributed by atoms with Crippen LogP contribution < -0.4 is 4.74 Å². The Labute approximate surface area is 166 Å². The molecular weight excluding hydrogens is 332 g/mol. The van der Waals surface area contributed by atoms with Gasteiger partial charge in [-0.1, -0.05) is 71.8 Å². The molecule has 2 heteroatoms. The van der Waals surface area contributed by atoms with Gasteiger partial charge in [0.1, 0.15) is 5.75 Å². The van der Waals surface area contributed by atoms with Crippen molar-refractivity contribution in [3.63, 3.8) is 0 Å². The zero-order chi connectivity index (χ0) is 20.4. The smallest absolute Gasteiger partial charge is 0.130 e. The van der Waals surface area contributed by atoms with Crippen molar-refractivity contribution < 1.29 is 9.84 Å². The minimum absolute atomic E-state index is 0.409. The highest BCUT2D eigenvalue weighted by molar-refractivity contribution is 5.73. The topological polar surface area (TPSA) is 29.5 Å². The molecule has 1 aromatic rings. The first-order valence-corrected chi connectivity index (χ1v) is 10.3. The Morgan fingerprint density at radius 3 is 2.33 bits per heavy atom. The Bertz CT molecular complexity index is 676. The summed E-state index contributed by atoms with van der Waals surface area (Å²) in [6.45, 7) is 15.9. The molecule has 1 N–H and O–H groups in total. The van der Waals surface area contributed by atoms with Gasteiger partial charge in [-0.3, -0.25) is 0 Å². The lowest BCUT2D eigenvalue weighted by atomic mass is 9.89. The van der Waals surface area contributed by atoms with Gasteiger partial charge < -0.3 is 9.84 Å². The van der Waals surface area contributed by atoms with Gasteiger partial charge in [0.15, 0.2) is 0 Å². The zero-order valence-corrected chi connectivity index (χ0v) is 18.3. The monoisotopic (exact) mass is 370 g/mol. The van der Waals surface area contributed by atoms with Crippen molar-refractivity contribution in [2.75, 3.05) is 6.61 Å². The van der Waals surface area contributed by atoms with Gasteiger partial charge in [-0.05, 0) is 60.4 Å². The highest BCUT2D eigenvalue weighted by Crippen LogP contribution is 2.37. The molecule has 0 spiro atoms. The zero-order valence-electron chi connectivity index (χ0n) is 18.3. The molecule has 0 aromatic heterocycles. The second-order valence-electron chi connectivity index (χ2n) is 7.93. The molecule has 150 valence electrons. The van der Waals surface area contributed by atoms with Crippen LogP contribution in [0, 0.1) is 0 Å². The molecule has 1 aromatic carbocycles. The molecule has 0 bridgehead atoms. The highest BCUT2D eigenvalue weighted by Gasteiger charge is 2.17. The lowest BCUT2D eigenvalue weighted by molar-refractivity contribution is 0.301. The Morgan fingerprint density at radius 1 is 1.07 bits per heavy atom. The summed E-state index contributed by atoms with van der Waals surface area (Å²) >= 11 is 0. The van der Waals surface area contributed by atoms with Gasteiger partial charge in [-0.2, -0.15) is 0 Å². The van der Waals surface area contributed by atoms with E-state index in [1.54, 1.807) is 0 Å². The maximum atomic E-state index is 9.04. The molecule has 1 rings (SSSR count). The predicted octanol–water partition coefficient (Wildman–Crippen LogP) is 7.92. The van der Waals surface area contributed by atoms with E-state index in [4.69, 9.17) is 9.84 Å². The average molecular weight is 371 g/mol. The number of unbranched alkanes of at least 4 members (excludes halogenated alkanes) is 2. The van der Waals surface area contributed by atoms with Gasteiger partial charge >= 0.3 is 0 Å². The first kappa shape index (κ1) is 23.1. The van der Waals surface area contributed by atoms with Crippen LogP contribution in [-0.2, 0) is 0 Å². The third kappa shape index (κ3) is 7.28. The maximum absolute atomic E-state index is 9.04. The van der Waals surface area contributed by atoms with Crippen molar-refractivity contribution in [3.8, 4) is 5.75 Å². The first-order valence-electron chi connectivity index (χ1n) is 10.3. The Hall–Kier alpha value is -1.96. The summed E-state index contributed by atoms with van der Waals surface area (Å²) in [6.07, 6.45) is 10.6. The SMILES string of the molecule is CCCCCOc1c(\C(C)=C/C=C/C(C)=C/O)cc(C(C)C)cc1C(C)C. The summed E-state index contributed by atoms with van der Waals surface area (Å²) in [7, 11) is 0. The number of benzene rings is 1. The molecule has 0 aliphatic carbocycles. The molecule has 0 unspecified atom stereocenters. The summed E-state index contributed by atoms with van der Waals surface area (Å²) < 4.78 is 6.32. The van der Waals surface area contributed by atoms with Gasteiger partial charge in [-0.15, -0.1) is 0 Å². The van der Waals surface area contributed by atoms with Crippen LogP contribution in [0.2, 0.25) is 0 Å². The molecule has 0 saturated carbocycles. The van der Waals surface area contributed by atoms with Gasteiger partial charge in [0, 0.05) is 5.56 Å². The van der Waals surface area contributed by atoms with Crippen LogP contribution in [-0.4, -0.2) is 11.7 Å². The number of aliphatic hydroxyl groups is 1. The number of hydrogen-bond acceptors (Lipinski definition) is 2. The number of ether oxygens (including phenoxy) is 1. The minimum atomic E-state index is 0.409. The molecule has 2 nitrogen and oxygen atoms in total. The van der Waals surface area contributed by atoms with E-state index in [0.29, 0.717) is 11.8 Å². The largest absolute Gasteiger partial charge is 0.515 e. The molecule has 0 aliphatic rings. The molecule has 0 heterocycles. The van der Waals surface area contributed by atoms with Crippen LogP contribution in [0.1, 0.15) is 96.3 Å². The van der Waals surface area contributed by atoms with Crippen molar-refractivity contribution >= 4 is 5.57 Å². The quantitative estimate of drug-likeness (QED) is 0.257. The van der Waals surface area contributed by atoms with Crippen LogP contribution in [0.25, 0.3) is 5.57 Å². The third-order valence-corrected chi connectivity index (χ3v) is 4.76. The standard InChI is InChI=1S/C25H38O2/c1-8-9-10-14-27-25-23(19(4)5)15-22(18(2)3)16-24(25)21(7)13-11-12-20(6)17-26/h11-13,15-19,26H,8-10,14H2,1-7H3/b12-11+,20-17+,21-13-. The maximum Gasteiger partial charge on any atom is 0.130 e. The molecule has 0 amide bonds. The fraction of sp³-hybridized carbons (Fsp3) is 0.520. The van der Waals surface area contributed by atoms with E-state index in [-0.39, 0.29) is 0 Å². The van der Waals surface area contributed by atoms with E-state index in [1.165, 1.54) is 35.1 Å². The van der Waals surface area contributed by atoms with Gasteiger partial charge in [0.05, 0.1) is 12.9 Å². The van der Waals surface area contributed by atoms with Crippen molar-refractivity contribution in [2.24, 2.45) is 0 Å². The summed E-state index contributed by atoms with van der Waals surface area (Å²) in [5.74, 6) is 1.91. The highest BCUT2D eigenvalue weighted by atomic mass is 16.5. The molecular formula is C25H38O2.